The molecule has 3 aromatic rings. The zero-order valence-electron chi connectivity index (χ0n) is 15.8. The Kier molecular flexibility index (Phi) is 6.43. The molecule has 3 rings (SSSR count). The number of unbranched alkanes of at least 4 members (excludes halogenated alkanes) is 3. The maximum absolute atomic E-state index is 11.5. The van der Waals surface area contributed by atoms with E-state index in [4.69, 9.17) is 0 Å². The number of hydrogen-bond donors (Lipinski definition) is 1. The third-order valence-corrected chi connectivity index (χ3v) is 4.94. The van der Waals surface area contributed by atoms with Crippen molar-refractivity contribution in [3.8, 4) is 22.3 Å². The molecule has 0 amide bonds. The van der Waals surface area contributed by atoms with Crippen molar-refractivity contribution in [1.29, 1.82) is 0 Å². The summed E-state index contributed by atoms with van der Waals surface area (Å²) in [5.41, 5.74) is 5.80. The lowest BCUT2D eigenvalue weighted by Gasteiger charge is -2.12. The van der Waals surface area contributed by atoms with Crippen molar-refractivity contribution < 1.29 is 9.90 Å². The average Bonchev–Trinajstić information content (AvgIpc) is 2.72. The molecular formula is C25H26O2. The molecule has 0 bridgehead atoms. The maximum Gasteiger partial charge on any atom is 0.335 e. The summed E-state index contributed by atoms with van der Waals surface area (Å²) >= 11 is 0. The molecule has 0 spiro atoms. The Hall–Kier alpha value is -2.87. The van der Waals surface area contributed by atoms with Crippen LogP contribution < -0.4 is 0 Å². The van der Waals surface area contributed by atoms with Crippen molar-refractivity contribution in [2.75, 3.05) is 0 Å². The molecule has 0 unspecified atom stereocenters. The fourth-order valence-corrected chi connectivity index (χ4v) is 3.39. The quantitative estimate of drug-likeness (QED) is 0.447. The number of benzene rings is 3. The van der Waals surface area contributed by atoms with Gasteiger partial charge >= 0.3 is 5.97 Å². The number of hydrogen-bond acceptors (Lipinski definition) is 1. The number of aryl methyl sites for hydroxylation is 1. The summed E-state index contributed by atoms with van der Waals surface area (Å²) in [5.74, 6) is -0.900. The summed E-state index contributed by atoms with van der Waals surface area (Å²) in [6.45, 7) is 2.23. The first kappa shape index (κ1) is 18.9. The second-order valence-corrected chi connectivity index (χ2v) is 6.94. The topological polar surface area (TPSA) is 37.3 Å². The molecule has 138 valence electrons. The largest absolute Gasteiger partial charge is 0.478 e. The fraction of sp³-hybridized carbons (Fsp3) is 0.240. The lowest BCUT2D eigenvalue weighted by atomic mass is 9.92. The third kappa shape index (κ3) is 4.85. The Labute approximate surface area is 161 Å². The van der Waals surface area contributed by atoms with Crippen LogP contribution in [0.15, 0.2) is 72.8 Å². The monoisotopic (exact) mass is 358 g/mol. The number of carbonyl (C=O) groups is 1. The van der Waals surface area contributed by atoms with Crippen LogP contribution in [0.4, 0.5) is 0 Å². The first-order chi connectivity index (χ1) is 13.2. The highest BCUT2D eigenvalue weighted by atomic mass is 16.4. The Morgan fingerprint density at radius 3 is 2.15 bits per heavy atom. The van der Waals surface area contributed by atoms with Crippen LogP contribution in [0.5, 0.6) is 0 Å². The Bertz CT molecular complexity index is 880. The van der Waals surface area contributed by atoms with Crippen LogP contribution in [0.3, 0.4) is 0 Å². The number of carboxylic acids is 1. The minimum atomic E-state index is -0.900. The van der Waals surface area contributed by atoms with Gasteiger partial charge in [0.25, 0.3) is 0 Å². The molecule has 1 N–H and O–H groups in total. The van der Waals surface area contributed by atoms with E-state index in [1.54, 1.807) is 12.1 Å². The number of rotatable bonds is 8. The van der Waals surface area contributed by atoms with Gasteiger partial charge < -0.3 is 5.11 Å². The van der Waals surface area contributed by atoms with Crippen LogP contribution in [0.2, 0.25) is 0 Å². The van der Waals surface area contributed by atoms with E-state index in [2.05, 4.69) is 43.3 Å². The predicted octanol–water partition coefficient (Wildman–Crippen LogP) is 6.84. The minimum absolute atomic E-state index is 0.313. The van der Waals surface area contributed by atoms with Gasteiger partial charge in [0.1, 0.15) is 0 Å². The molecular weight excluding hydrogens is 332 g/mol. The van der Waals surface area contributed by atoms with E-state index in [0.717, 1.165) is 28.7 Å². The molecule has 0 aliphatic rings. The van der Waals surface area contributed by atoms with Gasteiger partial charge in [-0.2, -0.15) is 0 Å². The molecule has 0 heterocycles. The van der Waals surface area contributed by atoms with Crippen molar-refractivity contribution in [2.45, 2.75) is 39.0 Å². The Morgan fingerprint density at radius 2 is 1.48 bits per heavy atom. The third-order valence-electron chi connectivity index (χ3n) is 4.94. The van der Waals surface area contributed by atoms with Gasteiger partial charge in [-0.1, -0.05) is 86.8 Å². The van der Waals surface area contributed by atoms with E-state index < -0.39 is 5.97 Å². The maximum atomic E-state index is 11.5. The molecule has 3 aromatic carbocycles. The van der Waals surface area contributed by atoms with Crippen molar-refractivity contribution in [3.05, 3.63) is 83.9 Å². The highest BCUT2D eigenvalue weighted by molar-refractivity contribution is 5.93. The van der Waals surface area contributed by atoms with Gasteiger partial charge in [0.2, 0.25) is 0 Å². The average molecular weight is 358 g/mol. The van der Waals surface area contributed by atoms with Crippen molar-refractivity contribution in [1.82, 2.24) is 0 Å². The summed E-state index contributed by atoms with van der Waals surface area (Å²) < 4.78 is 0. The van der Waals surface area contributed by atoms with Crippen LogP contribution in [0.1, 0.15) is 48.5 Å². The van der Waals surface area contributed by atoms with Crippen LogP contribution in [-0.4, -0.2) is 11.1 Å². The molecule has 0 aromatic heterocycles. The smallest absolute Gasteiger partial charge is 0.335 e. The summed E-state index contributed by atoms with van der Waals surface area (Å²) in [6.07, 6.45) is 6.14. The van der Waals surface area contributed by atoms with Crippen molar-refractivity contribution >= 4 is 5.97 Å². The van der Waals surface area contributed by atoms with Gasteiger partial charge in [-0.05, 0) is 52.8 Å². The van der Waals surface area contributed by atoms with Gasteiger partial charge in [0, 0.05) is 0 Å². The fourth-order valence-electron chi connectivity index (χ4n) is 3.39. The standard InChI is InChI=1S/C25H26O2/c1-2-3-4-6-9-19-12-14-21(15-13-19)24-18-22(25(26)27)16-17-23(24)20-10-7-5-8-11-20/h5,7-8,10-18H,2-4,6,9H2,1H3,(H,26,27). The predicted molar refractivity (Wildman–Crippen MR) is 112 cm³/mol. The van der Waals surface area contributed by atoms with Crippen LogP contribution in [0.25, 0.3) is 22.3 Å². The number of aromatic carboxylic acids is 1. The normalized spacial score (nSPS) is 10.7. The van der Waals surface area contributed by atoms with Crippen LogP contribution in [-0.2, 0) is 6.42 Å². The zero-order valence-corrected chi connectivity index (χ0v) is 15.8. The summed E-state index contributed by atoms with van der Waals surface area (Å²) in [4.78, 5) is 11.5. The van der Waals surface area contributed by atoms with E-state index in [-0.39, 0.29) is 0 Å². The molecule has 0 aliphatic heterocycles. The molecule has 0 atom stereocenters. The minimum Gasteiger partial charge on any atom is -0.478 e. The van der Waals surface area contributed by atoms with Gasteiger partial charge in [-0.15, -0.1) is 0 Å². The SMILES string of the molecule is CCCCCCc1ccc(-c2cc(C(=O)O)ccc2-c2ccccc2)cc1. The van der Waals surface area contributed by atoms with Crippen LogP contribution in [0, 0.1) is 0 Å². The lowest BCUT2D eigenvalue weighted by molar-refractivity contribution is 0.0697. The zero-order chi connectivity index (χ0) is 19.1. The Morgan fingerprint density at radius 1 is 0.778 bits per heavy atom. The first-order valence-electron chi connectivity index (χ1n) is 9.71. The molecule has 0 aliphatic carbocycles. The van der Waals surface area contributed by atoms with Crippen LogP contribution >= 0.6 is 0 Å². The summed E-state index contributed by atoms with van der Waals surface area (Å²) in [7, 11) is 0. The second kappa shape index (κ2) is 9.18. The molecule has 2 heteroatoms. The van der Waals surface area contributed by atoms with Crippen molar-refractivity contribution in [2.24, 2.45) is 0 Å². The van der Waals surface area contributed by atoms with Gasteiger partial charge in [0.05, 0.1) is 5.56 Å². The highest BCUT2D eigenvalue weighted by Gasteiger charge is 2.12. The molecule has 2 nitrogen and oxygen atoms in total. The van der Waals surface area contributed by atoms with E-state index in [0.29, 0.717) is 5.56 Å². The number of carboxylic acid groups (broad SMARTS) is 1. The Balaban J connectivity index is 1.92. The summed E-state index contributed by atoms with van der Waals surface area (Å²) in [6, 6.07) is 24.0. The molecule has 0 saturated carbocycles. The van der Waals surface area contributed by atoms with E-state index in [1.807, 2.05) is 24.3 Å². The van der Waals surface area contributed by atoms with E-state index in [1.165, 1.54) is 31.2 Å². The second-order valence-electron chi connectivity index (χ2n) is 6.94. The molecule has 0 saturated heterocycles. The van der Waals surface area contributed by atoms with Crippen molar-refractivity contribution in [3.63, 3.8) is 0 Å². The van der Waals surface area contributed by atoms with E-state index in [9.17, 15) is 9.90 Å². The van der Waals surface area contributed by atoms with E-state index >= 15 is 0 Å². The lowest BCUT2D eigenvalue weighted by Crippen LogP contribution is -1.97. The molecule has 27 heavy (non-hydrogen) atoms. The van der Waals surface area contributed by atoms with Gasteiger partial charge in [-0.25, -0.2) is 4.79 Å². The van der Waals surface area contributed by atoms with Gasteiger partial charge in [-0.3, -0.25) is 0 Å². The molecule has 0 fully saturated rings. The summed E-state index contributed by atoms with van der Waals surface area (Å²) in [5, 5.41) is 9.40. The van der Waals surface area contributed by atoms with Gasteiger partial charge in [0.15, 0.2) is 0 Å². The molecule has 0 radical (unpaired) electrons. The first-order valence-corrected chi connectivity index (χ1v) is 9.71. The highest BCUT2D eigenvalue weighted by Crippen LogP contribution is 2.33.